The Hall–Kier alpha value is -0.990. The quantitative estimate of drug-likeness (QED) is 0.732. The Morgan fingerprint density at radius 1 is 1.33 bits per heavy atom. The normalized spacial score (nSPS) is 22.6. The Balaban J connectivity index is 2.02. The van der Waals surface area contributed by atoms with E-state index in [1.54, 1.807) is 19.2 Å². The van der Waals surface area contributed by atoms with E-state index in [1.165, 1.54) is 7.05 Å². The summed E-state index contributed by atoms with van der Waals surface area (Å²) in [6, 6.07) is 6.98. The number of aliphatic hydroxyl groups is 1. The third-order valence-corrected chi connectivity index (χ3v) is 6.25. The van der Waals surface area contributed by atoms with Crippen LogP contribution < -0.4 is 4.72 Å². The van der Waals surface area contributed by atoms with Gasteiger partial charge in [0.2, 0.25) is 10.0 Å². The minimum Gasteiger partial charge on any atom is -0.396 e. The van der Waals surface area contributed by atoms with Crippen molar-refractivity contribution in [2.24, 2.45) is 5.41 Å². The maximum absolute atomic E-state index is 11.8. The van der Waals surface area contributed by atoms with Crippen LogP contribution in [0.5, 0.6) is 0 Å². The number of sulfonamides is 1. The average Bonchev–Trinajstić information content (AvgIpc) is 2.61. The lowest BCUT2D eigenvalue weighted by Gasteiger charge is -2.42. The molecule has 0 aromatic heterocycles. The van der Waals surface area contributed by atoms with E-state index >= 15 is 0 Å². The van der Waals surface area contributed by atoms with Gasteiger partial charge in [-0.25, -0.2) is 13.1 Å². The van der Waals surface area contributed by atoms with E-state index < -0.39 is 10.0 Å². The zero-order valence-electron chi connectivity index (χ0n) is 14.5. The van der Waals surface area contributed by atoms with Crippen LogP contribution in [0.2, 0.25) is 0 Å². The van der Waals surface area contributed by atoms with Crippen LogP contribution >= 0.6 is 0 Å². The molecule has 1 aliphatic heterocycles. The smallest absolute Gasteiger partial charge is 0.240 e. The Kier molecular flexibility index (Phi) is 6.77. The van der Waals surface area contributed by atoms with Crippen LogP contribution in [0.4, 0.5) is 0 Å². The van der Waals surface area contributed by atoms with Gasteiger partial charge in [-0.05, 0) is 50.6 Å². The highest BCUT2D eigenvalue weighted by Gasteiger charge is 2.34. The molecule has 1 saturated heterocycles. The molecule has 2 N–H and O–H groups in total. The second kappa shape index (κ2) is 8.40. The van der Waals surface area contributed by atoms with E-state index in [-0.39, 0.29) is 16.9 Å². The van der Waals surface area contributed by atoms with Crippen molar-refractivity contribution in [3.63, 3.8) is 0 Å². The molecular weight excluding hydrogens is 328 g/mol. The van der Waals surface area contributed by atoms with Gasteiger partial charge < -0.3 is 9.84 Å². The molecule has 6 nitrogen and oxygen atoms in total. The summed E-state index contributed by atoms with van der Waals surface area (Å²) in [7, 11) is -0.296. The second-order valence-corrected chi connectivity index (χ2v) is 8.45. The summed E-state index contributed by atoms with van der Waals surface area (Å²) in [5, 5.41) is 9.85. The summed E-state index contributed by atoms with van der Waals surface area (Å²) in [6.07, 6.45) is 2.93. The van der Waals surface area contributed by atoms with Crippen LogP contribution in [0.15, 0.2) is 29.2 Å². The van der Waals surface area contributed by atoms with Crippen LogP contribution in [-0.2, 0) is 21.3 Å². The number of ether oxygens (including phenoxy) is 1. The molecule has 0 radical (unpaired) electrons. The number of piperidine rings is 1. The summed E-state index contributed by atoms with van der Waals surface area (Å²) in [4.78, 5) is 2.61. The van der Waals surface area contributed by atoms with E-state index in [9.17, 15) is 13.5 Å². The van der Waals surface area contributed by atoms with Crippen LogP contribution in [0.1, 0.15) is 24.8 Å². The highest BCUT2D eigenvalue weighted by Crippen LogP contribution is 2.33. The molecule has 1 aromatic rings. The molecule has 0 amide bonds. The third-order valence-electron chi connectivity index (χ3n) is 4.82. The van der Waals surface area contributed by atoms with Crippen LogP contribution in [0.3, 0.4) is 0 Å². The number of methoxy groups -OCH3 is 1. The van der Waals surface area contributed by atoms with Gasteiger partial charge in [-0.1, -0.05) is 12.1 Å². The maximum Gasteiger partial charge on any atom is 0.240 e. The van der Waals surface area contributed by atoms with Gasteiger partial charge in [-0.15, -0.1) is 0 Å². The van der Waals surface area contributed by atoms with Gasteiger partial charge in [0.1, 0.15) is 0 Å². The molecule has 136 valence electrons. The first-order chi connectivity index (χ1) is 11.4. The van der Waals surface area contributed by atoms with Crippen LogP contribution in [0, 0.1) is 5.41 Å². The third kappa shape index (κ3) is 4.77. The number of rotatable bonds is 8. The first-order valence-corrected chi connectivity index (χ1v) is 9.78. The lowest BCUT2D eigenvalue weighted by atomic mass is 9.78. The number of benzene rings is 1. The van der Waals surface area contributed by atoms with Gasteiger partial charge in [0.15, 0.2) is 0 Å². The van der Waals surface area contributed by atoms with Gasteiger partial charge >= 0.3 is 0 Å². The van der Waals surface area contributed by atoms with Crippen molar-refractivity contribution in [3.05, 3.63) is 29.8 Å². The van der Waals surface area contributed by atoms with Gasteiger partial charge in [0.05, 0.1) is 11.5 Å². The second-order valence-electron chi connectivity index (χ2n) is 6.57. The molecule has 1 atom stereocenters. The number of hydrogen-bond donors (Lipinski definition) is 2. The SMILES string of the molecule is CNS(=O)(=O)c1ccc(CN2CCC[C@](CO)(CCOC)C2)cc1. The largest absolute Gasteiger partial charge is 0.396 e. The molecule has 1 fully saturated rings. The van der Waals surface area contributed by atoms with Crippen LogP contribution in [0.25, 0.3) is 0 Å². The summed E-state index contributed by atoms with van der Waals surface area (Å²) in [5.41, 5.74) is 0.981. The zero-order valence-corrected chi connectivity index (χ0v) is 15.3. The summed E-state index contributed by atoms with van der Waals surface area (Å²) >= 11 is 0. The molecule has 1 aromatic carbocycles. The van der Waals surface area contributed by atoms with Crippen molar-refractivity contribution in [2.45, 2.75) is 30.7 Å². The standard InChI is InChI=1S/C17H28N2O4S/c1-18-24(21,22)16-6-4-15(5-7-16)12-19-10-3-8-17(13-19,14-20)9-11-23-2/h4-7,18,20H,3,8-14H2,1-2H3/t17-/m0/s1. The molecule has 1 heterocycles. The number of nitrogens with one attached hydrogen (secondary N) is 1. The van der Waals surface area contributed by atoms with E-state index in [0.717, 1.165) is 44.5 Å². The Morgan fingerprint density at radius 2 is 2.04 bits per heavy atom. The van der Waals surface area contributed by atoms with E-state index in [2.05, 4.69) is 9.62 Å². The van der Waals surface area contributed by atoms with Gasteiger partial charge in [-0.2, -0.15) is 0 Å². The Morgan fingerprint density at radius 3 is 2.62 bits per heavy atom. The number of aliphatic hydroxyl groups excluding tert-OH is 1. The van der Waals surface area contributed by atoms with Crippen LogP contribution in [-0.4, -0.2) is 58.9 Å². The van der Waals surface area contributed by atoms with E-state index in [0.29, 0.717) is 6.61 Å². The minimum atomic E-state index is -3.39. The fraction of sp³-hybridized carbons (Fsp3) is 0.647. The molecule has 0 unspecified atom stereocenters. The van der Waals surface area contributed by atoms with Crippen molar-refractivity contribution in [3.8, 4) is 0 Å². The zero-order chi connectivity index (χ0) is 17.6. The number of nitrogens with zero attached hydrogens (tertiary/aromatic N) is 1. The fourth-order valence-electron chi connectivity index (χ4n) is 3.33. The monoisotopic (exact) mass is 356 g/mol. The van der Waals surface area contributed by atoms with Crippen molar-refractivity contribution in [1.29, 1.82) is 0 Å². The molecule has 7 heteroatoms. The van der Waals surface area contributed by atoms with E-state index in [1.807, 2.05) is 12.1 Å². The van der Waals surface area contributed by atoms with Crippen molar-refractivity contribution in [1.82, 2.24) is 9.62 Å². The lowest BCUT2D eigenvalue weighted by molar-refractivity contribution is 0.00475. The first kappa shape index (κ1) is 19.3. The van der Waals surface area contributed by atoms with Crippen molar-refractivity contribution >= 4 is 10.0 Å². The first-order valence-electron chi connectivity index (χ1n) is 8.29. The molecule has 0 saturated carbocycles. The predicted octanol–water partition coefficient (Wildman–Crippen LogP) is 1.21. The summed E-state index contributed by atoms with van der Waals surface area (Å²) in [6.45, 7) is 3.42. The maximum atomic E-state index is 11.8. The fourth-order valence-corrected chi connectivity index (χ4v) is 4.06. The summed E-state index contributed by atoms with van der Waals surface area (Å²) < 4.78 is 31.0. The molecular formula is C17H28N2O4S. The van der Waals surface area contributed by atoms with Crippen molar-refractivity contribution < 1.29 is 18.3 Å². The molecule has 0 aliphatic carbocycles. The number of likely N-dealkylation sites (tertiary alicyclic amines) is 1. The molecule has 0 bridgehead atoms. The van der Waals surface area contributed by atoms with Crippen molar-refractivity contribution in [2.75, 3.05) is 40.5 Å². The van der Waals surface area contributed by atoms with Gasteiger partial charge in [0.25, 0.3) is 0 Å². The Bertz CT molecular complexity index is 618. The molecule has 2 rings (SSSR count). The number of hydrogen-bond acceptors (Lipinski definition) is 5. The average molecular weight is 356 g/mol. The highest BCUT2D eigenvalue weighted by atomic mass is 32.2. The lowest BCUT2D eigenvalue weighted by Crippen LogP contribution is -2.45. The topological polar surface area (TPSA) is 78.9 Å². The minimum absolute atomic E-state index is 0.0936. The summed E-state index contributed by atoms with van der Waals surface area (Å²) in [5.74, 6) is 0. The van der Waals surface area contributed by atoms with Gasteiger partial charge in [-0.3, -0.25) is 4.90 Å². The molecule has 0 spiro atoms. The molecule has 24 heavy (non-hydrogen) atoms. The van der Waals surface area contributed by atoms with E-state index in [4.69, 9.17) is 4.74 Å². The Labute approximate surface area is 144 Å². The molecule has 1 aliphatic rings. The predicted molar refractivity (Wildman–Crippen MR) is 93.2 cm³/mol. The highest BCUT2D eigenvalue weighted by molar-refractivity contribution is 7.89. The van der Waals surface area contributed by atoms with Gasteiger partial charge in [0, 0.05) is 32.2 Å².